The highest BCUT2D eigenvalue weighted by atomic mass is 32.2. The van der Waals surface area contributed by atoms with Crippen LogP contribution in [0.2, 0.25) is 0 Å². The first-order valence-corrected chi connectivity index (χ1v) is 14.0. The van der Waals surface area contributed by atoms with E-state index in [1.54, 1.807) is 11.8 Å². The first-order chi connectivity index (χ1) is 17.3. The van der Waals surface area contributed by atoms with Gasteiger partial charge in [0, 0.05) is 12.3 Å². The number of thioether (sulfide) groups is 1. The number of benzene rings is 2. The molecule has 196 valence electrons. The van der Waals surface area contributed by atoms with Gasteiger partial charge in [0.25, 0.3) is 0 Å². The predicted molar refractivity (Wildman–Crippen MR) is 146 cm³/mol. The fourth-order valence-corrected chi connectivity index (χ4v) is 5.37. The molecule has 1 atom stereocenters. The van der Waals surface area contributed by atoms with Crippen molar-refractivity contribution in [2.75, 3.05) is 11.5 Å². The standard InChI is InChI=1S/C29H40N2O4S/c1-29(2,3)35-28(33)31-26(21-36-20-24-12-8-5-9-13-24)27(32)30-18-22-14-16-25(17-15-22)34-19-23-10-6-4-7-11-23/h4,6-7,10-11,14-17,24,26H,5,8-9,12-13,18-21H2,1-3H3,(H,30,32)(H,31,33)/t26-/m0/s1. The number of nitrogens with one attached hydrogen (secondary N) is 2. The highest BCUT2D eigenvalue weighted by Gasteiger charge is 2.25. The summed E-state index contributed by atoms with van der Waals surface area (Å²) in [6.45, 7) is 6.32. The fourth-order valence-electron chi connectivity index (χ4n) is 4.10. The molecule has 0 radical (unpaired) electrons. The Bertz CT molecular complexity index is 938. The normalized spacial score (nSPS) is 15.1. The van der Waals surface area contributed by atoms with Crippen molar-refractivity contribution in [3.63, 3.8) is 0 Å². The topological polar surface area (TPSA) is 76.7 Å². The van der Waals surface area contributed by atoms with Crippen LogP contribution in [0.4, 0.5) is 4.79 Å². The molecule has 1 aliphatic carbocycles. The first kappa shape index (κ1) is 27.9. The summed E-state index contributed by atoms with van der Waals surface area (Å²) in [5.74, 6) is 2.81. The van der Waals surface area contributed by atoms with E-state index in [0.29, 0.717) is 24.8 Å². The zero-order chi connectivity index (χ0) is 25.8. The number of alkyl carbamates (subject to hydrolysis) is 1. The molecule has 2 N–H and O–H groups in total. The Morgan fingerprint density at radius 1 is 0.972 bits per heavy atom. The van der Waals surface area contributed by atoms with Gasteiger partial charge < -0.3 is 20.1 Å². The molecule has 1 saturated carbocycles. The van der Waals surface area contributed by atoms with Crippen LogP contribution in [0.3, 0.4) is 0 Å². The summed E-state index contributed by atoms with van der Waals surface area (Å²) in [5.41, 5.74) is 1.45. The molecule has 0 spiro atoms. The van der Waals surface area contributed by atoms with E-state index in [1.807, 2.05) is 75.4 Å². The van der Waals surface area contributed by atoms with Gasteiger partial charge >= 0.3 is 6.09 Å². The number of hydrogen-bond donors (Lipinski definition) is 2. The average molecular weight is 513 g/mol. The lowest BCUT2D eigenvalue weighted by Gasteiger charge is -2.24. The largest absolute Gasteiger partial charge is 0.489 e. The molecule has 7 heteroatoms. The van der Waals surface area contributed by atoms with Crippen LogP contribution in [0.25, 0.3) is 0 Å². The Hall–Kier alpha value is -2.67. The van der Waals surface area contributed by atoms with Crippen LogP contribution in [0.5, 0.6) is 5.75 Å². The molecule has 0 saturated heterocycles. The van der Waals surface area contributed by atoms with Gasteiger partial charge in [0.1, 0.15) is 24.0 Å². The van der Waals surface area contributed by atoms with Crippen molar-refractivity contribution in [3.8, 4) is 5.75 Å². The summed E-state index contributed by atoms with van der Waals surface area (Å²) in [6, 6.07) is 17.1. The van der Waals surface area contributed by atoms with E-state index in [2.05, 4.69) is 10.6 Å². The Balaban J connectivity index is 1.49. The van der Waals surface area contributed by atoms with Crippen LogP contribution < -0.4 is 15.4 Å². The summed E-state index contributed by atoms with van der Waals surface area (Å²) in [4.78, 5) is 25.4. The molecule has 2 aromatic rings. The van der Waals surface area contributed by atoms with Crippen molar-refractivity contribution >= 4 is 23.8 Å². The van der Waals surface area contributed by atoms with Gasteiger partial charge in [0.15, 0.2) is 0 Å². The van der Waals surface area contributed by atoms with Crippen LogP contribution >= 0.6 is 11.8 Å². The van der Waals surface area contributed by atoms with Gasteiger partial charge in [-0.3, -0.25) is 4.79 Å². The van der Waals surface area contributed by atoms with Crippen LogP contribution in [-0.4, -0.2) is 35.1 Å². The summed E-state index contributed by atoms with van der Waals surface area (Å²) in [5, 5.41) is 5.74. The second-order valence-electron chi connectivity index (χ2n) is 10.4. The molecule has 1 aliphatic rings. The van der Waals surface area contributed by atoms with Gasteiger partial charge in [-0.25, -0.2) is 4.79 Å². The van der Waals surface area contributed by atoms with Crippen molar-refractivity contribution in [2.24, 2.45) is 5.92 Å². The lowest BCUT2D eigenvalue weighted by molar-refractivity contribution is -0.122. The summed E-state index contributed by atoms with van der Waals surface area (Å²) in [6.07, 6.45) is 5.86. The Kier molecular flexibility index (Phi) is 11.0. The van der Waals surface area contributed by atoms with Gasteiger partial charge in [-0.1, -0.05) is 61.7 Å². The molecular formula is C29H40N2O4S. The number of carbonyl (C=O) groups is 2. The maximum Gasteiger partial charge on any atom is 0.408 e. The molecule has 36 heavy (non-hydrogen) atoms. The maximum atomic E-state index is 13.0. The van der Waals surface area contributed by atoms with Crippen LogP contribution in [-0.2, 0) is 22.7 Å². The van der Waals surface area contributed by atoms with E-state index in [9.17, 15) is 9.59 Å². The van der Waals surface area contributed by atoms with Crippen molar-refractivity contribution in [1.29, 1.82) is 0 Å². The van der Waals surface area contributed by atoms with Gasteiger partial charge in [-0.05, 0) is 68.5 Å². The quantitative estimate of drug-likeness (QED) is 0.381. The van der Waals surface area contributed by atoms with E-state index in [4.69, 9.17) is 9.47 Å². The highest BCUT2D eigenvalue weighted by molar-refractivity contribution is 7.99. The van der Waals surface area contributed by atoms with Crippen molar-refractivity contribution in [1.82, 2.24) is 10.6 Å². The van der Waals surface area contributed by atoms with Crippen LogP contribution in [0.15, 0.2) is 54.6 Å². The SMILES string of the molecule is CC(C)(C)OC(=O)N[C@@H](CSCC1CCCCC1)C(=O)NCc1ccc(OCc2ccccc2)cc1. The minimum atomic E-state index is -0.651. The van der Waals surface area contributed by atoms with E-state index in [-0.39, 0.29) is 5.91 Å². The third-order valence-corrected chi connectivity index (χ3v) is 7.28. The molecule has 2 amide bonds. The van der Waals surface area contributed by atoms with E-state index in [1.165, 1.54) is 32.1 Å². The molecule has 0 heterocycles. The lowest BCUT2D eigenvalue weighted by atomic mass is 9.91. The molecule has 0 aromatic heterocycles. The van der Waals surface area contributed by atoms with Crippen molar-refractivity contribution in [3.05, 3.63) is 65.7 Å². The Morgan fingerprint density at radius 3 is 2.33 bits per heavy atom. The minimum absolute atomic E-state index is 0.207. The van der Waals surface area contributed by atoms with E-state index < -0.39 is 17.7 Å². The van der Waals surface area contributed by atoms with Crippen LogP contribution in [0, 0.1) is 5.92 Å². The molecule has 1 fully saturated rings. The third-order valence-electron chi connectivity index (χ3n) is 6.01. The third kappa shape index (κ3) is 10.5. The number of carbonyl (C=O) groups excluding carboxylic acids is 2. The van der Waals surface area contributed by atoms with Gasteiger partial charge in [0.2, 0.25) is 5.91 Å². The van der Waals surface area contributed by atoms with Gasteiger partial charge in [-0.15, -0.1) is 0 Å². The summed E-state index contributed by atoms with van der Waals surface area (Å²) in [7, 11) is 0. The molecule has 2 aromatic carbocycles. The molecule has 0 bridgehead atoms. The zero-order valence-electron chi connectivity index (χ0n) is 21.8. The molecule has 3 rings (SSSR count). The van der Waals surface area contributed by atoms with E-state index >= 15 is 0 Å². The lowest BCUT2D eigenvalue weighted by Crippen LogP contribution is -2.49. The smallest absolute Gasteiger partial charge is 0.408 e. The van der Waals surface area contributed by atoms with Crippen molar-refractivity contribution < 1.29 is 19.1 Å². The predicted octanol–water partition coefficient (Wildman–Crippen LogP) is 6.09. The molecular weight excluding hydrogens is 472 g/mol. The molecule has 0 unspecified atom stereocenters. The van der Waals surface area contributed by atoms with Crippen LogP contribution in [0.1, 0.15) is 64.0 Å². The molecule has 6 nitrogen and oxygen atoms in total. The molecule has 0 aliphatic heterocycles. The van der Waals surface area contributed by atoms with Crippen molar-refractivity contribution in [2.45, 2.75) is 77.7 Å². The summed E-state index contributed by atoms with van der Waals surface area (Å²) < 4.78 is 11.2. The Labute approximate surface area is 219 Å². The number of ether oxygens (including phenoxy) is 2. The minimum Gasteiger partial charge on any atom is -0.489 e. The number of hydrogen-bond acceptors (Lipinski definition) is 5. The Morgan fingerprint density at radius 2 is 1.67 bits per heavy atom. The van der Waals surface area contributed by atoms with Gasteiger partial charge in [0.05, 0.1) is 0 Å². The fraction of sp³-hybridized carbons (Fsp3) is 0.517. The zero-order valence-corrected chi connectivity index (χ0v) is 22.6. The second kappa shape index (κ2) is 14.2. The van der Waals surface area contributed by atoms with E-state index in [0.717, 1.165) is 22.6 Å². The van der Waals surface area contributed by atoms with Gasteiger partial charge in [-0.2, -0.15) is 11.8 Å². The monoisotopic (exact) mass is 512 g/mol. The average Bonchev–Trinajstić information content (AvgIpc) is 2.86. The number of amides is 2. The maximum absolute atomic E-state index is 13.0. The number of rotatable bonds is 11. The summed E-state index contributed by atoms with van der Waals surface area (Å²) >= 11 is 1.74. The first-order valence-electron chi connectivity index (χ1n) is 12.9. The highest BCUT2D eigenvalue weighted by Crippen LogP contribution is 2.27. The second-order valence-corrected chi connectivity index (χ2v) is 11.5.